The average molecular weight is 269 g/mol. The molecular weight excluding hydrogens is 246 g/mol. The number of rotatable bonds is 8. The van der Waals surface area contributed by atoms with Gasteiger partial charge in [0, 0.05) is 33.3 Å². The molecule has 108 valence electrons. The molecule has 0 aliphatic heterocycles. The van der Waals surface area contributed by atoms with E-state index >= 15 is 0 Å². The van der Waals surface area contributed by atoms with Crippen molar-refractivity contribution in [1.29, 1.82) is 0 Å². The SMILES string of the molecule is CCn1ncc(N)c1C(=O)NCCN(C)CCOC. The Morgan fingerprint density at radius 2 is 2.32 bits per heavy atom. The first kappa shape index (κ1) is 15.5. The number of nitrogens with two attached hydrogens (primary N) is 1. The van der Waals surface area contributed by atoms with Crippen molar-refractivity contribution in [3.05, 3.63) is 11.9 Å². The standard InChI is InChI=1S/C12H23N5O2/c1-4-17-11(10(13)9-15-17)12(18)14-5-6-16(2)7-8-19-3/h9H,4-8,13H2,1-3H3,(H,14,18). The number of aryl methyl sites for hydroxylation is 1. The summed E-state index contributed by atoms with van der Waals surface area (Å²) in [6.45, 7) is 5.37. The molecule has 0 atom stereocenters. The van der Waals surface area contributed by atoms with Crippen LogP contribution in [0, 0.1) is 0 Å². The van der Waals surface area contributed by atoms with Gasteiger partial charge in [0.25, 0.3) is 5.91 Å². The number of nitrogens with one attached hydrogen (secondary N) is 1. The van der Waals surface area contributed by atoms with Crippen molar-refractivity contribution < 1.29 is 9.53 Å². The summed E-state index contributed by atoms with van der Waals surface area (Å²) in [6, 6.07) is 0. The first-order valence-electron chi connectivity index (χ1n) is 6.37. The zero-order valence-electron chi connectivity index (χ0n) is 11.8. The van der Waals surface area contributed by atoms with Gasteiger partial charge in [-0.2, -0.15) is 5.10 Å². The van der Waals surface area contributed by atoms with Gasteiger partial charge in [0.2, 0.25) is 0 Å². The van der Waals surface area contributed by atoms with E-state index in [1.165, 1.54) is 6.20 Å². The Morgan fingerprint density at radius 1 is 1.58 bits per heavy atom. The van der Waals surface area contributed by atoms with Gasteiger partial charge in [-0.25, -0.2) is 0 Å². The Hall–Kier alpha value is -1.60. The van der Waals surface area contributed by atoms with Crippen LogP contribution in [-0.2, 0) is 11.3 Å². The number of hydrogen-bond donors (Lipinski definition) is 2. The van der Waals surface area contributed by atoms with Gasteiger partial charge < -0.3 is 20.7 Å². The zero-order valence-corrected chi connectivity index (χ0v) is 11.8. The van der Waals surface area contributed by atoms with E-state index < -0.39 is 0 Å². The molecule has 1 rings (SSSR count). The summed E-state index contributed by atoms with van der Waals surface area (Å²) >= 11 is 0. The monoisotopic (exact) mass is 269 g/mol. The summed E-state index contributed by atoms with van der Waals surface area (Å²) in [5.74, 6) is -0.183. The third kappa shape index (κ3) is 4.53. The highest BCUT2D eigenvalue weighted by atomic mass is 16.5. The van der Waals surface area contributed by atoms with Gasteiger partial charge in [0.15, 0.2) is 0 Å². The number of nitrogen functional groups attached to an aromatic ring is 1. The van der Waals surface area contributed by atoms with Crippen LogP contribution < -0.4 is 11.1 Å². The lowest BCUT2D eigenvalue weighted by atomic mass is 10.3. The second-order valence-electron chi connectivity index (χ2n) is 4.32. The molecule has 1 heterocycles. The Kier molecular flexibility index (Phi) is 6.31. The van der Waals surface area contributed by atoms with E-state index in [0.717, 1.165) is 13.1 Å². The number of carbonyl (C=O) groups is 1. The maximum atomic E-state index is 12.0. The van der Waals surface area contributed by atoms with Crippen molar-refractivity contribution in [2.75, 3.05) is 46.1 Å². The molecule has 1 aromatic heterocycles. The van der Waals surface area contributed by atoms with Crippen molar-refractivity contribution in [3.8, 4) is 0 Å². The Balaban J connectivity index is 2.41. The summed E-state index contributed by atoms with van der Waals surface area (Å²) in [5.41, 5.74) is 6.59. The van der Waals surface area contributed by atoms with E-state index in [2.05, 4.69) is 15.3 Å². The van der Waals surface area contributed by atoms with Gasteiger partial charge in [-0.3, -0.25) is 9.48 Å². The summed E-state index contributed by atoms with van der Waals surface area (Å²) in [6.07, 6.45) is 1.50. The number of hydrogen-bond acceptors (Lipinski definition) is 5. The summed E-state index contributed by atoms with van der Waals surface area (Å²) in [7, 11) is 3.65. The molecule has 0 saturated carbocycles. The van der Waals surface area contributed by atoms with Crippen LogP contribution in [0.25, 0.3) is 0 Å². The number of aromatic nitrogens is 2. The Labute approximate surface area is 113 Å². The molecule has 0 saturated heterocycles. The fraction of sp³-hybridized carbons (Fsp3) is 0.667. The molecular formula is C12H23N5O2. The van der Waals surface area contributed by atoms with Crippen molar-refractivity contribution in [3.63, 3.8) is 0 Å². The molecule has 0 aromatic carbocycles. The summed E-state index contributed by atoms with van der Waals surface area (Å²) < 4.78 is 6.58. The predicted octanol–water partition coefficient (Wildman–Crippen LogP) is -0.207. The maximum absolute atomic E-state index is 12.0. The van der Waals surface area contributed by atoms with Crippen LogP contribution >= 0.6 is 0 Å². The minimum absolute atomic E-state index is 0.183. The van der Waals surface area contributed by atoms with Gasteiger partial charge in [-0.1, -0.05) is 0 Å². The fourth-order valence-electron chi connectivity index (χ4n) is 1.69. The average Bonchev–Trinajstić information content (AvgIpc) is 2.77. The predicted molar refractivity (Wildman–Crippen MR) is 74.0 cm³/mol. The largest absolute Gasteiger partial charge is 0.396 e. The third-order valence-electron chi connectivity index (χ3n) is 2.84. The van der Waals surface area contributed by atoms with Crippen LogP contribution in [0.2, 0.25) is 0 Å². The maximum Gasteiger partial charge on any atom is 0.271 e. The van der Waals surface area contributed by atoms with E-state index in [1.54, 1.807) is 11.8 Å². The van der Waals surface area contributed by atoms with Crippen molar-refractivity contribution in [2.24, 2.45) is 0 Å². The number of carbonyl (C=O) groups excluding carboxylic acids is 1. The lowest BCUT2D eigenvalue weighted by Crippen LogP contribution is -2.35. The van der Waals surface area contributed by atoms with E-state index in [-0.39, 0.29) is 5.91 Å². The molecule has 0 unspecified atom stereocenters. The van der Waals surface area contributed by atoms with Gasteiger partial charge in [0.05, 0.1) is 18.5 Å². The smallest absolute Gasteiger partial charge is 0.271 e. The molecule has 0 aliphatic carbocycles. The minimum atomic E-state index is -0.183. The van der Waals surface area contributed by atoms with Crippen molar-refractivity contribution in [2.45, 2.75) is 13.5 Å². The molecule has 19 heavy (non-hydrogen) atoms. The number of anilines is 1. The zero-order chi connectivity index (χ0) is 14.3. The molecule has 0 fully saturated rings. The van der Waals surface area contributed by atoms with Gasteiger partial charge >= 0.3 is 0 Å². The van der Waals surface area contributed by atoms with E-state index in [1.807, 2.05) is 14.0 Å². The number of likely N-dealkylation sites (N-methyl/N-ethyl adjacent to an activating group) is 1. The quantitative estimate of drug-likeness (QED) is 0.682. The molecule has 3 N–H and O–H groups in total. The Bertz CT molecular complexity index is 405. The van der Waals surface area contributed by atoms with Crippen LogP contribution in [0.1, 0.15) is 17.4 Å². The summed E-state index contributed by atoms with van der Waals surface area (Å²) in [5, 5.41) is 6.89. The molecule has 7 nitrogen and oxygen atoms in total. The third-order valence-corrected chi connectivity index (χ3v) is 2.84. The normalized spacial score (nSPS) is 10.9. The second kappa shape index (κ2) is 7.75. The molecule has 1 aromatic rings. The van der Waals surface area contributed by atoms with Crippen LogP contribution in [-0.4, -0.2) is 61.0 Å². The molecule has 7 heteroatoms. The number of ether oxygens (including phenoxy) is 1. The fourth-order valence-corrected chi connectivity index (χ4v) is 1.69. The van der Waals surface area contributed by atoms with Gasteiger partial charge in [0.1, 0.15) is 5.69 Å². The molecule has 0 radical (unpaired) electrons. The first-order chi connectivity index (χ1) is 9.10. The van der Waals surface area contributed by atoms with E-state index in [4.69, 9.17) is 10.5 Å². The van der Waals surface area contributed by atoms with Gasteiger partial charge in [-0.15, -0.1) is 0 Å². The molecule has 0 aliphatic rings. The minimum Gasteiger partial charge on any atom is -0.396 e. The lowest BCUT2D eigenvalue weighted by Gasteiger charge is -2.16. The van der Waals surface area contributed by atoms with Crippen LogP contribution in [0.3, 0.4) is 0 Å². The highest BCUT2D eigenvalue weighted by Crippen LogP contribution is 2.09. The first-order valence-corrected chi connectivity index (χ1v) is 6.37. The molecule has 0 spiro atoms. The number of nitrogens with zero attached hydrogens (tertiary/aromatic N) is 3. The highest BCUT2D eigenvalue weighted by molar-refractivity contribution is 5.97. The second-order valence-corrected chi connectivity index (χ2v) is 4.32. The van der Waals surface area contributed by atoms with Gasteiger partial charge in [-0.05, 0) is 14.0 Å². The van der Waals surface area contributed by atoms with Crippen molar-refractivity contribution in [1.82, 2.24) is 20.0 Å². The van der Waals surface area contributed by atoms with E-state index in [9.17, 15) is 4.79 Å². The number of methoxy groups -OCH3 is 1. The molecule has 1 amide bonds. The summed E-state index contributed by atoms with van der Waals surface area (Å²) in [4.78, 5) is 14.1. The Morgan fingerprint density at radius 3 is 2.95 bits per heavy atom. The highest BCUT2D eigenvalue weighted by Gasteiger charge is 2.15. The van der Waals surface area contributed by atoms with Crippen LogP contribution in [0.5, 0.6) is 0 Å². The van der Waals surface area contributed by atoms with Crippen molar-refractivity contribution >= 4 is 11.6 Å². The van der Waals surface area contributed by atoms with Crippen LogP contribution in [0.4, 0.5) is 5.69 Å². The molecule has 0 bridgehead atoms. The topological polar surface area (TPSA) is 85.4 Å². The van der Waals surface area contributed by atoms with E-state index in [0.29, 0.717) is 31.1 Å². The van der Waals surface area contributed by atoms with Crippen LogP contribution in [0.15, 0.2) is 6.20 Å². The lowest BCUT2D eigenvalue weighted by molar-refractivity contribution is 0.0938. The number of amides is 1.